The van der Waals surface area contributed by atoms with Gasteiger partial charge in [-0.15, -0.1) is 0 Å². The van der Waals surface area contributed by atoms with Gasteiger partial charge in [0.25, 0.3) is 0 Å². The van der Waals surface area contributed by atoms with E-state index in [4.69, 9.17) is 15.2 Å². The first-order valence-corrected chi connectivity index (χ1v) is 8.39. The van der Waals surface area contributed by atoms with Crippen molar-refractivity contribution >= 4 is 39.7 Å². The van der Waals surface area contributed by atoms with Crippen LogP contribution in [0.5, 0.6) is 5.88 Å². The number of fused-ring (bicyclic) bond motifs is 1. The molecule has 0 aliphatic carbocycles. The molecule has 2 aromatic heterocycles. The van der Waals surface area contributed by atoms with E-state index in [1.54, 1.807) is 6.92 Å². The third-order valence-electron chi connectivity index (χ3n) is 3.93. The van der Waals surface area contributed by atoms with Gasteiger partial charge in [-0.1, -0.05) is 0 Å². The van der Waals surface area contributed by atoms with Gasteiger partial charge >= 0.3 is 0 Å². The molecule has 0 radical (unpaired) electrons. The molecule has 3 heterocycles. The van der Waals surface area contributed by atoms with Crippen LogP contribution in [0.4, 0.5) is 5.95 Å². The number of aromatic nitrogens is 4. The Balaban J connectivity index is 2.18. The molecule has 11 heteroatoms. The summed E-state index contributed by atoms with van der Waals surface area (Å²) < 4.78 is 13.0. The number of rotatable bonds is 4. The summed E-state index contributed by atoms with van der Waals surface area (Å²) in [5.74, 6) is 0.217. The quantitative estimate of drug-likeness (QED) is 0.354. The molecule has 0 amide bonds. The summed E-state index contributed by atoms with van der Waals surface area (Å²) in [5.41, 5.74) is 4.76. The van der Waals surface area contributed by atoms with E-state index in [1.807, 2.05) is 22.6 Å². The highest BCUT2D eigenvalue weighted by atomic mass is 127. The molecular weight excluding hydrogens is 433 g/mol. The Morgan fingerprint density at radius 2 is 2.12 bits per heavy atom. The SMILES string of the molecule is CCOc1nc(N)nc2c1nc(I)n2C1O[C@H](CO)[C@@H](O)[C@@]1(C)O. The molecule has 4 atom stereocenters. The largest absolute Gasteiger partial charge is 0.476 e. The van der Waals surface area contributed by atoms with E-state index in [-0.39, 0.29) is 11.8 Å². The Hall–Kier alpha value is -1.28. The summed E-state index contributed by atoms with van der Waals surface area (Å²) in [5, 5.41) is 30.2. The smallest absolute Gasteiger partial charge is 0.247 e. The minimum absolute atomic E-state index is 0.0135. The first kappa shape index (κ1) is 17.5. The summed E-state index contributed by atoms with van der Waals surface area (Å²) in [6, 6.07) is 0. The number of nitrogens with zero attached hydrogens (tertiary/aromatic N) is 4. The molecule has 0 aromatic carbocycles. The highest BCUT2D eigenvalue weighted by Crippen LogP contribution is 2.41. The molecular formula is C13H18IN5O5. The van der Waals surface area contributed by atoms with Gasteiger partial charge in [0, 0.05) is 22.6 Å². The lowest BCUT2D eigenvalue weighted by Crippen LogP contribution is -2.44. The standard InChI is InChI=1S/C13H18IN5O5/c1-3-23-9-6-8(17-12(15)18-9)19(11(14)16-6)10-13(2,22)7(21)5(4-20)24-10/h5,7,10,20-22H,3-4H2,1-2H3,(H2,15,17,18)/t5-,7-,10?,13-/m1/s1. The molecule has 2 aromatic rings. The molecule has 1 saturated heterocycles. The maximum absolute atomic E-state index is 10.7. The molecule has 0 spiro atoms. The van der Waals surface area contributed by atoms with Crippen LogP contribution in [0.2, 0.25) is 0 Å². The molecule has 5 N–H and O–H groups in total. The van der Waals surface area contributed by atoms with Crippen molar-refractivity contribution in [2.24, 2.45) is 0 Å². The van der Waals surface area contributed by atoms with Crippen LogP contribution in [-0.4, -0.2) is 65.9 Å². The molecule has 10 nitrogen and oxygen atoms in total. The number of hydrogen-bond acceptors (Lipinski definition) is 9. The van der Waals surface area contributed by atoms with E-state index in [0.717, 1.165) is 0 Å². The Kier molecular flexibility index (Phi) is 4.55. The van der Waals surface area contributed by atoms with Crippen molar-refractivity contribution in [3.63, 3.8) is 0 Å². The van der Waals surface area contributed by atoms with Crippen LogP contribution in [0, 0.1) is 3.83 Å². The predicted octanol–water partition coefficient (Wildman–Crippen LogP) is -0.587. The summed E-state index contributed by atoms with van der Waals surface area (Å²) in [6.07, 6.45) is -3.21. The zero-order valence-electron chi connectivity index (χ0n) is 13.0. The Bertz CT molecular complexity index is 767. The fourth-order valence-corrected chi connectivity index (χ4v) is 3.47. The molecule has 1 aliphatic rings. The number of aliphatic hydroxyl groups is 3. The van der Waals surface area contributed by atoms with E-state index in [9.17, 15) is 15.3 Å². The normalized spacial score (nSPS) is 30.2. The molecule has 1 unspecified atom stereocenters. The van der Waals surface area contributed by atoms with Crippen molar-refractivity contribution in [1.29, 1.82) is 0 Å². The molecule has 132 valence electrons. The Labute approximate surface area is 150 Å². The summed E-state index contributed by atoms with van der Waals surface area (Å²) >= 11 is 1.96. The molecule has 0 bridgehead atoms. The van der Waals surface area contributed by atoms with Crippen molar-refractivity contribution in [3.05, 3.63) is 3.83 Å². The van der Waals surface area contributed by atoms with Crippen LogP contribution in [-0.2, 0) is 4.74 Å². The van der Waals surface area contributed by atoms with Gasteiger partial charge in [0.1, 0.15) is 17.8 Å². The van der Waals surface area contributed by atoms with Crippen molar-refractivity contribution in [2.75, 3.05) is 18.9 Å². The van der Waals surface area contributed by atoms with Gasteiger partial charge in [-0.25, -0.2) is 4.98 Å². The number of anilines is 1. The number of imidazole rings is 1. The van der Waals surface area contributed by atoms with Crippen molar-refractivity contribution in [3.8, 4) is 5.88 Å². The maximum atomic E-state index is 10.7. The van der Waals surface area contributed by atoms with E-state index in [0.29, 0.717) is 21.6 Å². The van der Waals surface area contributed by atoms with E-state index >= 15 is 0 Å². The second kappa shape index (κ2) is 6.22. The minimum atomic E-state index is -1.66. The zero-order valence-corrected chi connectivity index (χ0v) is 15.2. The predicted molar refractivity (Wildman–Crippen MR) is 91.2 cm³/mol. The van der Waals surface area contributed by atoms with Crippen LogP contribution in [0.3, 0.4) is 0 Å². The highest BCUT2D eigenvalue weighted by Gasteiger charge is 2.53. The minimum Gasteiger partial charge on any atom is -0.476 e. The molecule has 24 heavy (non-hydrogen) atoms. The number of hydrogen-bond donors (Lipinski definition) is 4. The van der Waals surface area contributed by atoms with E-state index in [2.05, 4.69) is 15.0 Å². The summed E-state index contributed by atoms with van der Waals surface area (Å²) in [6.45, 7) is 3.17. The second-order valence-electron chi connectivity index (χ2n) is 5.62. The average molecular weight is 451 g/mol. The number of ether oxygens (including phenoxy) is 2. The Morgan fingerprint density at radius 3 is 2.71 bits per heavy atom. The molecule has 3 rings (SSSR count). The lowest BCUT2D eigenvalue weighted by molar-refractivity contribution is -0.0961. The lowest BCUT2D eigenvalue weighted by atomic mass is 9.96. The van der Waals surface area contributed by atoms with E-state index in [1.165, 1.54) is 11.5 Å². The van der Waals surface area contributed by atoms with Gasteiger partial charge in [0.15, 0.2) is 21.2 Å². The maximum Gasteiger partial charge on any atom is 0.247 e. The first-order valence-electron chi connectivity index (χ1n) is 7.31. The summed E-state index contributed by atoms with van der Waals surface area (Å²) in [7, 11) is 0. The zero-order chi connectivity index (χ0) is 17.6. The highest BCUT2D eigenvalue weighted by molar-refractivity contribution is 14.1. The molecule has 1 aliphatic heterocycles. The van der Waals surface area contributed by atoms with Crippen LogP contribution in [0.15, 0.2) is 0 Å². The van der Waals surface area contributed by atoms with Gasteiger partial charge in [0.2, 0.25) is 11.8 Å². The monoisotopic (exact) mass is 451 g/mol. The second-order valence-corrected chi connectivity index (χ2v) is 6.59. The van der Waals surface area contributed by atoms with Gasteiger partial charge in [-0.2, -0.15) is 9.97 Å². The third kappa shape index (κ3) is 2.60. The topological polar surface area (TPSA) is 149 Å². The van der Waals surface area contributed by atoms with Gasteiger partial charge in [0.05, 0.1) is 13.2 Å². The van der Waals surface area contributed by atoms with Crippen molar-refractivity contribution in [2.45, 2.75) is 37.9 Å². The van der Waals surface area contributed by atoms with Crippen molar-refractivity contribution < 1.29 is 24.8 Å². The number of halogens is 1. The fraction of sp³-hybridized carbons (Fsp3) is 0.615. The summed E-state index contributed by atoms with van der Waals surface area (Å²) in [4.78, 5) is 12.6. The lowest BCUT2D eigenvalue weighted by Gasteiger charge is -2.27. The van der Waals surface area contributed by atoms with Gasteiger partial charge in [-0.3, -0.25) is 4.57 Å². The van der Waals surface area contributed by atoms with Crippen LogP contribution in [0.25, 0.3) is 11.2 Å². The molecule has 1 fully saturated rings. The van der Waals surface area contributed by atoms with E-state index < -0.39 is 30.6 Å². The van der Waals surface area contributed by atoms with Gasteiger partial charge in [-0.05, 0) is 13.8 Å². The average Bonchev–Trinajstić information content (AvgIpc) is 2.94. The number of aliphatic hydroxyl groups excluding tert-OH is 2. The first-order chi connectivity index (χ1) is 11.3. The van der Waals surface area contributed by atoms with Crippen LogP contribution >= 0.6 is 22.6 Å². The number of nitrogens with two attached hydrogens (primary N) is 1. The number of nitrogen functional groups attached to an aromatic ring is 1. The van der Waals surface area contributed by atoms with Crippen molar-refractivity contribution in [1.82, 2.24) is 19.5 Å². The molecule has 0 saturated carbocycles. The Morgan fingerprint density at radius 1 is 1.42 bits per heavy atom. The fourth-order valence-electron chi connectivity index (χ4n) is 2.75. The van der Waals surface area contributed by atoms with Crippen LogP contribution < -0.4 is 10.5 Å². The third-order valence-corrected chi connectivity index (χ3v) is 4.69. The van der Waals surface area contributed by atoms with Crippen LogP contribution in [0.1, 0.15) is 20.1 Å². The van der Waals surface area contributed by atoms with Gasteiger partial charge < -0.3 is 30.5 Å².